The fraction of sp³-hybridized carbons (Fsp3) is 0.304. The van der Waals surface area contributed by atoms with Crippen LogP contribution in [0.1, 0.15) is 37.4 Å². The number of benzene rings is 2. The Morgan fingerprint density at radius 1 is 1.13 bits per heavy atom. The molecule has 0 spiro atoms. The average Bonchev–Trinajstić information content (AvgIpc) is 3.00. The number of carbonyl (C=O) groups excluding carboxylic acids is 2. The molecule has 1 amide bonds. The van der Waals surface area contributed by atoms with Crippen molar-refractivity contribution in [3.8, 4) is 17.2 Å². The number of phenols is 1. The van der Waals surface area contributed by atoms with Crippen LogP contribution in [0.5, 0.6) is 17.2 Å². The van der Waals surface area contributed by atoms with Crippen LogP contribution in [0.15, 0.2) is 46.4 Å². The number of hydrogen-bond donors (Lipinski definition) is 2. The van der Waals surface area contributed by atoms with Crippen LogP contribution < -0.4 is 9.47 Å². The van der Waals surface area contributed by atoms with Gasteiger partial charge in [0.1, 0.15) is 11.5 Å². The number of ketones is 1. The molecule has 0 aromatic heterocycles. The van der Waals surface area contributed by atoms with E-state index in [-0.39, 0.29) is 22.8 Å². The van der Waals surface area contributed by atoms with Crippen molar-refractivity contribution in [3.63, 3.8) is 0 Å². The van der Waals surface area contributed by atoms with Crippen LogP contribution in [0.4, 0.5) is 0 Å². The van der Waals surface area contributed by atoms with Crippen LogP contribution in [0, 0.1) is 0 Å². The zero-order valence-corrected chi connectivity index (χ0v) is 19.1. The van der Waals surface area contributed by atoms with Crippen molar-refractivity contribution in [2.24, 2.45) is 0 Å². The smallest absolute Gasteiger partial charge is 0.295 e. The minimum atomic E-state index is -0.805. The van der Waals surface area contributed by atoms with Gasteiger partial charge in [-0.05, 0) is 65.2 Å². The number of rotatable bonds is 7. The number of Topliss-reactive ketones (excluding diaryl/α,β-unsaturated/α-hetero) is 1. The van der Waals surface area contributed by atoms with Gasteiger partial charge in [0.2, 0.25) is 0 Å². The number of methoxy groups -OCH3 is 1. The Bertz CT molecular complexity index is 1050. The van der Waals surface area contributed by atoms with Gasteiger partial charge in [-0.3, -0.25) is 9.59 Å². The van der Waals surface area contributed by atoms with Gasteiger partial charge in [-0.1, -0.05) is 13.0 Å². The molecule has 1 heterocycles. The predicted molar refractivity (Wildman–Crippen MR) is 119 cm³/mol. The van der Waals surface area contributed by atoms with E-state index in [4.69, 9.17) is 9.47 Å². The summed E-state index contributed by atoms with van der Waals surface area (Å²) >= 11 is 3.38. The highest BCUT2D eigenvalue weighted by Gasteiger charge is 2.45. The molecule has 1 unspecified atom stereocenters. The number of ether oxygens (including phenoxy) is 2. The van der Waals surface area contributed by atoms with E-state index < -0.39 is 17.7 Å². The summed E-state index contributed by atoms with van der Waals surface area (Å²) in [6.45, 7) is 4.37. The number of aromatic hydroxyl groups is 1. The molecule has 1 fully saturated rings. The number of phenolic OH excluding ortho intramolecular Hbond substituents is 1. The monoisotopic (exact) mass is 489 g/mol. The summed E-state index contributed by atoms with van der Waals surface area (Å²) in [6.07, 6.45) is 0.633. The normalized spacial score (nSPS) is 17.8. The number of halogens is 1. The number of carbonyl (C=O) groups is 2. The predicted octanol–water partition coefficient (Wildman–Crippen LogP) is 4.39. The maximum absolute atomic E-state index is 12.9. The number of amides is 1. The van der Waals surface area contributed by atoms with Crippen LogP contribution in [-0.2, 0) is 9.59 Å². The summed E-state index contributed by atoms with van der Waals surface area (Å²) in [4.78, 5) is 27.2. The summed E-state index contributed by atoms with van der Waals surface area (Å²) in [5, 5.41) is 21.1. The fourth-order valence-electron chi connectivity index (χ4n) is 3.64. The van der Waals surface area contributed by atoms with Gasteiger partial charge in [0, 0.05) is 12.1 Å². The highest BCUT2D eigenvalue weighted by molar-refractivity contribution is 9.10. The standard InChI is InChI=1S/C23H24BrNO6/c1-4-10-25-20(13-6-8-16(26)18(12-13)31-5-2)19(22(28)23(25)29)21(27)14-7-9-17(30-3)15(24)11-14/h6-9,11-12,20,26-27H,4-5,10H2,1-3H3/b21-19-. The van der Waals surface area contributed by atoms with Gasteiger partial charge in [-0.15, -0.1) is 0 Å². The van der Waals surface area contributed by atoms with Crippen LogP contribution in [0.3, 0.4) is 0 Å². The number of likely N-dealkylation sites (tertiary alicyclic amines) is 1. The van der Waals surface area contributed by atoms with Gasteiger partial charge in [0.25, 0.3) is 11.7 Å². The van der Waals surface area contributed by atoms with E-state index in [9.17, 15) is 19.8 Å². The van der Waals surface area contributed by atoms with Crippen molar-refractivity contribution in [1.82, 2.24) is 4.90 Å². The number of nitrogens with zero attached hydrogens (tertiary/aromatic N) is 1. The Hall–Kier alpha value is -3.00. The third-order valence-corrected chi connectivity index (χ3v) is 5.65. The third kappa shape index (κ3) is 4.25. The topological polar surface area (TPSA) is 96.3 Å². The Morgan fingerprint density at radius 2 is 1.87 bits per heavy atom. The number of aliphatic hydroxyl groups is 1. The van der Waals surface area contributed by atoms with Crippen molar-refractivity contribution in [1.29, 1.82) is 0 Å². The fourth-order valence-corrected chi connectivity index (χ4v) is 4.18. The van der Waals surface area contributed by atoms with Crippen LogP contribution in [-0.4, -0.2) is 47.1 Å². The first-order chi connectivity index (χ1) is 14.8. The lowest BCUT2D eigenvalue weighted by molar-refractivity contribution is -0.139. The summed E-state index contributed by atoms with van der Waals surface area (Å²) in [5.41, 5.74) is 0.919. The number of hydrogen-bond acceptors (Lipinski definition) is 6. The van der Waals surface area contributed by atoms with E-state index >= 15 is 0 Å². The lowest BCUT2D eigenvalue weighted by Crippen LogP contribution is -2.30. The summed E-state index contributed by atoms with van der Waals surface area (Å²) in [6, 6.07) is 8.76. The summed E-state index contributed by atoms with van der Waals surface area (Å²) < 4.78 is 11.3. The highest BCUT2D eigenvalue weighted by atomic mass is 79.9. The summed E-state index contributed by atoms with van der Waals surface area (Å²) in [7, 11) is 1.52. The Labute approximate surface area is 189 Å². The van der Waals surface area contributed by atoms with Gasteiger partial charge in [-0.2, -0.15) is 0 Å². The molecule has 1 aliphatic rings. The number of aliphatic hydroxyl groups excluding tert-OH is 1. The van der Waals surface area contributed by atoms with E-state index in [1.54, 1.807) is 37.3 Å². The molecule has 0 bridgehead atoms. The van der Waals surface area contributed by atoms with E-state index in [2.05, 4.69) is 15.9 Å². The Kier molecular flexibility index (Phi) is 6.90. The molecule has 1 atom stereocenters. The van der Waals surface area contributed by atoms with Crippen molar-refractivity contribution in [2.75, 3.05) is 20.3 Å². The molecule has 2 aromatic rings. The second kappa shape index (κ2) is 9.43. The molecule has 2 aromatic carbocycles. The molecular formula is C23H24BrNO6. The molecule has 2 N–H and O–H groups in total. The van der Waals surface area contributed by atoms with Gasteiger partial charge < -0.3 is 24.6 Å². The molecule has 0 aliphatic carbocycles. The average molecular weight is 490 g/mol. The zero-order chi connectivity index (χ0) is 22.7. The van der Waals surface area contributed by atoms with Crippen LogP contribution >= 0.6 is 15.9 Å². The van der Waals surface area contributed by atoms with Crippen molar-refractivity contribution in [2.45, 2.75) is 26.3 Å². The molecule has 31 heavy (non-hydrogen) atoms. The van der Waals surface area contributed by atoms with E-state index in [1.165, 1.54) is 18.1 Å². The third-order valence-electron chi connectivity index (χ3n) is 5.03. The molecule has 0 radical (unpaired) electrons. The van der Waals surface area contributed by atoms with Gasteiger partial charge in [0.15, 0.2) is 11.5 Å². The molecule has 0 saturated carbocycles. The minimum absolute atomic E-state index is 0.0105. The van der Waals surface area contributed by atoms with Crippen LogP contribution in [0.2, 0.25) is 0 Å². The van der Waals surface area contributed by atoms with E-state index in [1.807, 2.05) is 6.92 Å². The van der Waals surface area contributed by atoms with E-state index in [0.717, 1.165) is 0 Å². The molecule has 3 rings (SSSR count). The van der Waals surface area contributed by atoms with Gasteiger partial charge >= 0.3 is 0 Å². The molecular weight excluding hydrogens is 466 g/mol. The van der Waals surface area contributed by atoms with Crippen LogP contribution in [0.25, 0.3) is 5.76 Å². The molecule has 1 aliphatic heterocycles. The second-order valence-electron chi connectivity index (χ2n) is 7.00. The summed E-state index contributed by atoms with van der Waals surface area (Å²) in [5.74, 6) is -0.942. The molecule has 7 nitrogen and oxygen atoms in total. The quantitative estimate of drug-likeness (QED) is 0.340. The van der Waals surface area contributed by atoms with Crippen molar-refractivity contribution in [3.05, 3.63) is 57.6 Å². The second-order valence-corrected chi connectivity index (χ2v) is 7.86. The molecule has 164 valence electrons. The zero-order valence-electron chi connectivity index (χ0n) is 17.5. The SMILES string of the molecule is CCCN1C(=O)C(=O)/C(=C(\O)c2ccc(OC)c(Br)c2)C1c1ccc(O)c(OCC)c1. The lowest BCUT2D eigenvalue weighted by atomic mass is 9.95. The maximum Gasteiger partial charge on any atom is 0.295 e. The minimum Gasteiger partial charge on any atom is -0.507 e. The first-order valence-electron chi connectivity index (χ1n) is 9.92. The van der Waals surface area contributed by atoms with E-state index in [0.29, 0.717) is 40.9 Å². The van der Waals surface area contributed by atoms with Gasteiger partial charge in [-0.25, -0.2) is 0 Å². The first-order valence-corrected chi connectivity index (χ1v) is 10.7. The van der Waals surface area contributed by atoms with Gasteiger partial charge in [0.05, 0.1) is 29.8 Å². The van der Waals surface area contributed by atoms with Crippen molar-refractivity contribution >= 4 is 33.4 Å². The first kappa shape index (κ1) is 22.7. The Morgan fingerprint density at radius 3 is 2.48 bits per heavy atom. The highest BCUT2D eigenvalue weighted by Crippen LogP contribution is 2.42. The van der Waals surface area contributed by atoms with Crippen molar-refractivity contribution < 1.29 is 29.3 Å². The molecule has 1 saturated heterocycles. The Balaban J connectivity index is 2.20. The largest absolute Gasteiger partial charge is 0.507 e. The maximum atomic E-state index is 12.9. The lowest BCUT2D eigenvalue weighted by Gasteiger charge is -2.25. The molecule has 8 heteroatoms.